The number of nitrogens with two attached hydrogens (primary N) is 1. The van der Waals surface area contributed by atoms with Crippen molar-refractivity contribution < 1.29 is 39.5 Å². The smallest absolute Gasteiger partial charge is 0.444 e. The fourth-order valence-electron chi connectivity index (χ4n) is 4.37. The number of ether oxygens (including phenoxy) is 1. The van der Waals surface area contributed by atoms with Crippen molar-refractivity contribution >= 4 is 43.4 Å². The Morgan fingerprint density at radius 1 is 1.12 bits per heavy atom. The number of nitrogens with one attached hydrogen (secondary N) is 1. The lowest BCUT2D eigenvalue weighted by atomic mass is 10.0. The third-order valence-corrected chi connectivity index (χ3v) is 9.90. The Morgan fingerprint density at radius 3 is 2.37 bits per heavy atom. The molecule has 1 unspecified atom stereocenters. The number of likely N-dealkylation sites (tertiary alicyclic amines) is 1. The lowest BCUT2D eigenvalue weighted by Crippen LogP contribution is -2.40. The van der Waals surface area contributed by atoms with E-state index in [1.807, 2.05) is 30.3 Å². The first-order chi connectivity index (χ1) is 18.9. The summed E-state index contributed by atoms with van der Waals surface area (Å²) >= 11 is 1.42. The van der Waals surface area contributed by atoms with Crippen LogP contribution in [0.15, 0.2) is 63.2 Å². The number of sulfone groups is 1. The van der Waals surface area contributed by atoms with Gasteiger partial charge in [-0.1, -0.05) is 18.2 Å². The summed E-state index contributed by atoms with van der Waals surface area (Å²) in [6.45, 7) is 5.82. The van der Waals surface area contributed by atoms with Crippen molar-refractivity contribution in [3.8, 4) is 0 Å². The predicted molar refractivity (Wildman–Crippen MR) is 151 cm³/mol. The number of thioether (sulfide) groups is 1. The Morgan fingerprint density at radius 2 is 1.78 bits per heavy atom. The van der Waals surface area contributed by atoms with Gasteiger partial charge in [-0.25, -0.2) is 26.8 Å². The number of benzene rings is 2. The first kappa shape index (κ1) is 33.0. The molecule has 41 heavy (non-hydrogen) atoms. The molecule has 0 spiro atoms. The molecule has 1 heterocycles. The van der Waals surface area contributed by atoms with Gasteiger partial charge < -0.3 is 15.0 Å². The minimum absolute atomic E-state index is 0.168. The van der Waals surface area contributed by atoms with Crippen LogP contribution in [-0.4, -0.2) is 63.3 Å². The number of amides is 1. The van der Waals surface area contributed by atoms with Crippen LogP contribution in [0.3, 0.4) is 0 Å². The van der Waals surface area contributed by atoms with Gasteiger partial charge in [-0.2, -0.15) is 13.2 Å². The average molecular weight is 638 g/mol. The highest BCUT2D eigenvalue weighted by atomic mass is 32.2. The molecule has 15 heteroatoms. The Balaban J connectivity index is 1.91. The normalized spacial score (nSPS) is 17.3. The number of carbonyl (C=O) groups excluding carboxylic acids is 1. The number of sulfonamides is 1. The van der Waals surface area contributed by atoms with E-state index in [1.54, 1.807) is 25.7 Å². The number of halogens is 3. The zero-order chi connectivity index (χ0) is 30.6. The SMILES string of the molecule is CC(C)(C)OC(=O)N1CCC[C@H]1CCC(CSc1ccccc1)Nc1ccc(S(N)(=O)=O)cc1S(=O)(=O)C(F)(F)F. The largest absolute Gasteiger partial charge is 0.501 e. The first-order valence-electron chi connectivity index (χ1n) is 12.8. The van der Waals surface area contributed by atoms with E-state index in [1.165, 1.54) is 11.8 Å². The molecule has 2 atom stereocenters. The molecule has 2 aromatic carbocycles. The van der Waals surface area contributed by atoms with Crippen LogP contribution in [0.2, 0.25) is 0 Å². The van der Waals surface area contributed by atoms with Gasteiger partial charge >= 0.3 is 11.6 Å². The molecule has 1 saturated heterocycles. The number of hydrogen-bond acceptors (Lipinski definition) is 8. The lowest BCUT2D eigenvalue weighted by Gasteiger charge is -2.30. The number of rotatable bonds is 10. The van der Waals surface area contributed by atoms with Crippen LogP contribution in [0, 0.1) is 0 Å². The van der Waals surface area contributed by atoms with E-state index in [0.717, 1.165) is 23.4 Å². The second-order valence-electron chi connectivity index (χ2n) is 10.7. The van der Waals surface area contributed by atoms with Crippen LogP contribution in [0.5, 0.6) is 0 Å². The molecule has 0 aromatic heterocycles. The summed E-state index contributed by atoms with van der Waals surface area (Å²) in [5, 5.41) is 7.98. The van der Waals surface area contributed by atoms with Gasteiger partial charge in [-0.3, -0.25) is 0 Å². The van der Waals surface area contributed by atoms with Crippen molar-refractivity contribution in [1.29, 1.82) is 0 Å². The maximum absolute atomic E-state index is 13.6. The first-order valence-corrected chi connectivity index (χ1v) is 16.8. The van der Waals surface area contributed by atoms with E-state index in [4.69, 9.17) is 9.88 Å². The van der Waals surface area contributed by atoms with Gasteiger partial charge in [0.15, 0.2) is 0 Å². The van der Waals surface area contributed by atoms with E-state index in [9.17, 15) is 34.8 Å². The maximum Gasteiger partial charge on any atom is 0.501 e. The molecular formula is C26H34F3N3O6S3. The molecule has 1 fully saturated rings. The highest BCUT2D eigenvalue weighted by Gasteiger charge is 2.48. The van der Waals surface area contributed by atoms with Crippen molar-refractivity contribution in [3.05, 3.63) is 48.5 Å². The minimum atomic E-state index is -5.93. The second-order valence-corrected chi connectivity index (χ2v) is 15.2. The molecule has 228 valence electrons. The number of carbonyl (C=O) groups is 1. The average Bonchev–Trinajstić information content (AvgIpc) is 3.33. The molecule has 0 aliphatic carbocycles. The van der Waals surface area contributed by atoms with E-state index < -0.39 is 58.6 Å². The van der Waals surface area contributed by atoms with Crippen LogP contribution in [0.25, 0.3) is 0 Å². The van der Waals surface area contributed by atoms with Crippen LogP contribution in [-0.2, 0) is 24.6 Å². The second kappa shape index (κ2) is 12.8. The Bertz CT molecular complexity index is 1430. The van der Waals surface area contributed by atoms with Crippen LogP contribution in [0.4, 0.5) is 23.7 Å². The highest BCUT2D eigenvalue weighted by molar-refractivity contribution is 7.99. The molecule has 9 nitrogen and oxygen atoms in total. The molecule has 1 amide bonds. The predicted octanol–water partition coefficient (Wildman–Crippen LogP) is 5.38. The molecule has 0 radical (unpaired) electrons. The summed E-state index contributed by atoms with van der Waals surface area (Å²) < 4.78 is 94.8. The summed E-state index contributed by atoms with van der Waals surface area (Å²) in [5.41, 5.74) is -6.75. The topological polar surface area (TPSA) is 136 Å². The van der Waals surface area contributed by atoms with Gasteiger partial charge in [-0.15, -0.1) is 11.8 Å². The zero-order valence-corrected chi connectivity index (χ0v) is 25.3. The fourth-order valence-corrected chi connectivity index (χ4v) is 6.92. The van der Waals surface area contributed by atoms with Crippen molar-refractivity contribution in [2.75, 3.05) is 17.6 Å². The van der Waals surface area contributed by atoms with Gasteiger partial charge in [0.2, 0.25) is 10.0 Å². The van der Waals surface area contributed by atoms with E-state index in [-0.39, 0.29) is 6.04 Å². The molecule has 3 rings (SSSR count). The lowest BCUT2D eigenvalue weighted by molar-refractivity contribution is -0.0435. The number of nitrogens with zero attached hydrogens (tertiary/aromatic N) is 1. The van der Waals surface area contributed by atoms with Gasteiger partial charge in [0.1, 0.15) is 10.5 Å². The maximum atomic E-state index is 13.6. The summed E-state index contributed by atoms with van der Waals surface area (Å²) in [5.74, 6) is 0.339. The number of primary sulfonamides is 1. The van der Waals surface area contributed by atoms with Gasteiger partial charge in [0.25, 0.3) is 9.84 Å². The van der Waals surface area contributed by atoms with Crippen LogP contribution >= 0.6 is 11.8 Å². The standard InChI is InChI=1S/C26H34F3N3O6S3/c1-25(2,3)38-24(33)32-15-7-8-19(32)12-11-18(17-39-20-9-5-4-6-10-20)31-22-14-13-21(41(30,36)37)16-23(22)40(34,35)26(27,28)29/h4-6,9-10,13-14,16,18-19,31H,7-8,11-12,15,17H2,1-3H3,(H2,30,36,37)/t18?,19-/m0/s1. The third kappa shape index (κ3) is 9.00. The van der Waals surface area contributed by atoms with Gasteiger partial charge in [0, 0.05) is 29.3 Å². The Kier molecular flexibility index (Phi) is 10.3. The highest BCUT2D eigenvalue weighted by Crippen LogP contribution is 2.37. The molecule has 1 aliphatic heterocycles. The molecular weight excluding hydrogens is 603 g/mol. The van der Waals surface area contributed by atoms with E-state index in [2.05, 4.69) is 5.32 Å². The zero-order valence-electron chi connectivity index (χ0n) is 22.8. The quantitative estimate of drug-likeness (QED) is 0.332. The Hall–Kier alpha value is -2.49. The van der Waals surface area contributed by atoms with Crippen molar-refractivity contribution in [2.24, 2.45) is 5.14 Å². The van der Waals surface area contributed by atoms with Crippen LogP contribution in [0.1, 0.15) is 46.5 Å². The summed E-state index contributed by atoms with van der Waals surface area (Å²) in [7, 11) is -10.4. The monoisotopic (exact) mass is 637 g/mol. The third-order valence-electron chi connectivity index (χ3n) is 6.28. The van der Waals surface area contributed by atoms with Crippen molar-refractivity contribution in [1.82, 2.24) is 4.90 Å². The van der Waals surface area contributed by atoms with Gasteiger partial charge in [-0.05, 0) is 76.8 Å². The fraction of sp³-hybridized carbons (Fsp3) is 0.500. The molecule has 1 aliphatic rings. The number of anilines is 1. The van der Waals surface area contributed by atoms with Crippen LogP contribution < -0.4 is 10.5 Å². The molecule has 2 aromatic rings. The number of hydrogen-bond donors (Lipinski definition) is 2. The van der Waals surface area contributed by atoms with E-state index >= 15 is 0 Å². The molecule has 0 bridgehead atoms. The minimum Gasteiger partial charge on any atom is -0.444 e. The van der Waals surface area contributed by atoms with E-state index in [0.29, 0.717) is 37.6 Å². The molecule has 0 saturated carbocycles. The Labute approximate surface area is 243 Å². The summed E-state index contributed by atoms with van der Waals surface area (Å²) in [6.07, 6.45) is 1.88. The summed E-state index contributed by atoms with van der Waals surface area (Å²) in [4.78, 5) is 13.3. The van der Waals surface area contributed by atoms with Gasteiger partial charge in [0.05, 0.1) is 10.6 Å². The summed E-state index contributed by atoms with van der Waals surface area (Å²) in [6, 6.07) is 10.9. The number of alkyl halides is 3. The molecule has 3 N–H and O–H groups in total. The van der Waals surface area contributed by atoms with Crippen molar-refractivity contribution in [2.45, 2.75) is 84.3 Å². The van der Waals surface area contributed by atoms with Crippen molar-refractivity contribution in [3.63, 3.8) is 0 Å².